The van der Waals surface area contributed by atoms with E-state index in [1.165, 1.54) is 5.69 Å². The average Bonchev–Trinajstić information content (AvgIpc) is 2.29. The first-order chi connectivity index (χ1) is 8.52. The second kappa shape index (κ2) is 5.47. The maximum absolute atomic E-state index is 9.61. The van der Waals surface area contributed by atoms with E-state index < -0.39 is 0 Å². The molecule has 1 aliphatic heterocycles. The van der Waals surface area contributed by atoms with Gasteiger partial charge >= 0.3 is 0 Å². The first-order valence-corrected chi connectivity index (χ1v) is 6.74. The summed E-state index contributed by atoms with van der Waals surface area (Å²) in [6, 6.07) is 6.50. The number of benzene rings is 1. The average molecular weight is 269 g/mol. The zero-order valence-corrected chi connectivity index (χ0v) is 12.0. The Labute approximate surface area is 114 Å². The molecule has 1 aromatic carbocycles. The molecule has 0 amide bonds. The van der Waals surface area contributed by atoms with E-state index in [9.17, 15) is 5.11 Å². The van der Waals surface area contributed by atoms with Gasteiger partial charge in [0.25, 0.3) is 0 Å². The number of aliphatic hydroxyl groups excluding tert-OH is 1. The number of anilines is 1. The number of halogens is 1. The van der Waals surface area contributed by atoms with Gasteiger partial charge in [-0.2, -0.15) is 0 Å². The van der Waals surface area contributed by atoms with Crippen LogP contribution >= 0.6 is 11.6 Å². The summed E-state index contributed by atoms with van der Waals surface area (Å²) in [6.07, 6.45) is 0. The highest BCUT2D eigenvalue weighted by Gasteiger charge is 2.30. The molecular formula is C14H21ClN2O. The second-order valence-electron chi connectivity index (χ2n) is 5.24. The first-order valence-electron chi connectivity index (χ1n) is 6.37. The molecule has 1 saturated heterocycles. The molecule has 1 aromatic rings. The minimum atomic E-state index is 0.152. The normalized spacial score (nSPS) is 25.5. The third-order valence-corrected chi connectivity index (χ3v) is 3.85. The van der Waals surface area contributed by atoms with Crippen LogP contribution in [0.1, 0.15) is 12.5 Å². The number of nitrogens with zero attached hydrogens (tertiary/aromatic N) is 2. The topological polar surface area (TPSA) is 26.7 Å². The lowest BCUT2D eigenvalue weighted by Gasteiger charge is -2.46. The summed E-state index contributed by atoms with van der Waals surface area (Å²) in [5, 5.41) is 10.4. The molecule has 2 unspecified atom stereocenters. The molecule has 3 nitrogen and oxygen atoms in total. The highest BCUT2D eigenvalue weighted by Crippen LogP contribution is 2.29. The van der Waals surface area contributed by atoms with Crippen molar-refractivity contribution in [3.8, 4) is 0 Å². The van der Waals surface area contributed by atoms with Gasteiger partial charge in [-0.05, 0) is 44.7 Å². The first kappa shape index (κ1) is 13.7. The quantitative estimate of drug-likeness (QED) is 0.890. The van der Waals surface area contributed by atoms with Crippen molar-refractivity contribution < 1.29 is 5.11 Å². The fraction of sp³-hybridized carbons (Fsp3) is 0.571. The van der Waals surface area contributed by atoms with Gasteiger partial charge in [-0.15, -0.1) is 0 Å². The van der Waals surface area contributed by atoms with E-state index in [1.54, 1.807) is 0 Å². The summed E-state index contributed by atoms with van der Waals surface area (Å²) >= 11 is 6.01. The molecule has 1 aliphatic rings. The van der Waals surface area contributed by atoms with Crippen LogP contribution in [0.5, 0.6) is 0 Å². The van der Waals surface area contributed by atoms with Crippen LogP contribution in [-0.4, -0.2) is 48.8 Å². The highest BCUT2D eigenvalue weighted by molar-refractivity contribution is 6.30. The van der Waals surface area contributed by atoms with Crippen molar-refractivity contribution in [3.63, 3.8) is 0 Å². The van der Waals surface area contributed by atoms with E-state index >= 15 is 0 Å². The molecule has 2 atom stereocenters. The molecule has 0 aliphatic carbocycles. The van der Waals surface area contributed by atoms with Gasteiger partial charge in [0.15, 0.2) is 0 Å². The molecule has 0 bridgehead atoms. The van der Waals surface area contributed by atoms with E-state index in [0.29, 0.717) is 6.04 Å². The molecule has 0 spiro atoms. The Balaban J connectivity index is 2.34. The third kappa shape index (κ3) is 2.63. The van der Waals surface area contributed by atoms with E-state index in [2.05, 4.69) is 36.8 Å². The summed E-state index contributed by atoms with van der Waals surface area (Å²) < 4.78 is 0. The monoisotopic (exact) mass is 268 g/mol. The molecule has 1 heterocycles. The number of aryl methyl sites for hydroxylation is 1. The van der Waals surface area contributed by atoms with Gasteiger partial charge in [0.05, 0.1) is 12.6 Å². The van der Waals surface area contributed by atoms with Crippen LogP contribution in [0.3, 0.4) is 0 Å². The van der Waals surface area contributed by atoms with Gasteiger partial charge in [-0.3, -0.25) is 0 Å². The predicted molar refractivity (Wildman–Crippen MR) is 76.5 cm³/mol. The number of likely N-dealkylation sites (N-methyl/N-ethyl adjacent to an activating group) is 1. The van der Waals surface area contributed by atoms with Crippen molar-refractivity contribution in [3.05, 3.63) is 28.8 Å². The Morgan fingerprint density at radius 3 is 2.72 bits per heavy atom. The maximum Gasteiger partial charge on any atom is 0.0651 e. The van der Waals surface area contributed by atoms with Gasteiger partial charge in [0.2, 0.25) is 0 Å². The number of piperazine rings is 1. The lowest BCUT2D eigenvalue weighted by atomic mass is 10.0. The van der Waals surface area contributed by atoms with Crippen LogP contribution in [0.15, 0.2) is 18.2 Å². The number of hydrogen-bond acceptors (Lipinski definition) is 3. The van der Waals surface area contributed by atoms with Crippen molar-refractivity contribution >= 4 is 17.3 Å². The van der Waals surface area contributed by atoms with Crippen LogP contribution in [-0.2, 0) is 0 Å². The minimum Gasteiger partial charge on any atom is -0.394 e. The van der Waals surface area contributed by atoms with Crippen molar-refractivity contribution in [1.82, 2.24) is 4.90 Å². The van der Waals surface area contributed by atoms with Gasteiger partial charge in [-0.1, -0.05) is 11.6 Å². The van der Waals surface area contributed by atoms with Gasteiger partial charge in [-0.25, -0.2) is 0 Å². The Morgan fingerprint density at radius 2 is 2.11 bits per heavy atom. The third-order valence-electron chi connectivity index (χ3n) is 3.61. The summed E-state index contributed by atoms with van der Waals surface area (Å²) in [7, 11) is 2.10. The SMILES string of the molecule is Cc1cc(Cl)ccc1N1C(C)CN(C)CC1CO. The van der Waals surface area contributed by atoms with Gasteiger partial charge < -0.3 is 14.9 Å². The van der Waals surface area contributed by atoms with Crippen molar-refractivity contribution in [2.75, 3.05) is 31.6 Å². The Hall–Kier alpha value is -0.770. The molecule has 0 aromatic heterocycles. The molecule has 1 N–H and O–H groups in total. The lowest BCUT2D eigenvalue weighted by Crippen LogP contribution is -2.58. The predicted octanol–water partition coefficient (Wildman–Crippen LogP) is 2.15. The second-order valence-corrected chi connectivity index (χ2v) is 5.68. The largest absolute Gasteiger partial charge is 0.394 e. The van der Waals surface area contributed by atoms with Crippen molar-refractivity contribution in [2.24, 2.45) is 0 Å². The molecule has 0 saturated carbocycles. The van der Waals surface area contributed by atoms with Crippen LogP contribution < -0.4 is 4.90 Å². The summed E-state index contributed by atoms with van der Waals surface area (Å²) in [5.74, 6) is 0. The summed E-state index contributed by atoms with van der Waals surface area (Å²) in [4.78, 5) is 4.60. The van der Waals surface area contributed by atoms with E-state index in [0.717, 1.165) is 23.7 Å². The van der Waals surface area contributed by atoms with Crippen LogP contribution in [0, 0.1) is 6.92 Å². The van der Waals surface area contributed by atoms with Crippen molar-refractivity contribution in [2.45, 2.75) is 25.9 Å². The number of rotatable bonds is 2. The number of aliphatic hydroxyl groups is 1. The Morgan fingerprint density at radius 1 is 1.39 bits per heavy atom. The van der Waals surface area contributed by atoms with Gasteiger partial charge in [0.1, 0.15) is 0 Å². The van der Waals surface area contributed by atoms with Crippen molar-refractivity contribution in [1.29, 1.82) is 0 Å². The number of hydrogen-bond donors (Lipinski definition) is 1. The maximum atomic E-state index is 9.61. The Bertz CT molecular complexity index is 424. The van der Waals surface area contributed by atoms with E-state index in [-0.39, 0.29) is 12.6 Å². The molecule has 1 fully saturated rings. The fourth-order valence-corrected chi connectivity index (χ4v) is 3.14. The minimum absolute atomic E-state index is 0.152. The van der Waals surface area contributed by atoms with Crippen LogP contribution in [0.4, 0.5) is 5.69 Å². The molecule has 100 valence electrons. The Kier molecular flexibility index (Phi) is 4.15. The molecule has 2 rings (SSSR count). The van der Waals surface area contributed by atoms with Crippen LogP contribution in [0.2, 0.25) is 5.02 Å². The smallest absolute Gasteiger partial charge is 0.0651 e. The zero-order chi connectivity index (χ0) is 13.3. The van der Waals surface area contributed by atoms with Gasteiger partial charge in [0, 0.05) is 29.8 Å². The van der Waals surface area contributed by atoms with E-state index in [1.807, 2.05) is 12.1 Å². The summed E-state index contributed by atoms with van der Waals surface area (Å²) in [5.41, 5.74) is 2.34. The lowest BCUT2D eigenvalue weighted by molar-refractivity contribution is 0.171. The van der Waals surface area contributed by atoms with E-state index in [4.69, 9.17) is 11.6 Å². The molecular weight excluding hydrogens is 248 g/mol. The zero-order valence-electron chi connectivity index (χ0n) is 11.2. The molecule has 0 radical (unpaired) electrons. The van der Waals surface area contributed by atoms with Crippen LogP contribution in [0.25, 0.3) is 0 Å². The summed E-state index contributed by atoms with van der Waals surface area (Å²) in [6.45, 7) is 6.35. The molecule has 18 heavy (non-hydrogen) atoms. The molecule has 4 heteroatoms. The fourth-order valence-electron chi connectivity index (χ4n) is 2.91. The highest BCUT2D eigenvalue weighted by atomic mass is 35.5. The standard InChI is InChI=1S/C14H21ClN2O/c1-10-6-12(15)4-5-14(10)17-11(2)7-16(3)8-13(17)9-18/h4-6,11,13,18H,7-9H2,1-3H3.